The van der Waals surface area contributed by atoms with Gasteiger partial charge in [-0.15, -0.1) is 0 Å². The minimum atomic E-state index is -1.02. The zero-order valence-electron chi connectivity index (χ0n) is 24.1. The van der Waals surface area contributed by atoms with E-state index in [2.05, 4.69) is 13.0 Å². The summed E-state index contributed by atoms with van der Waals surface area (Å²) in [7, 11) is 0. The van der Waals surface area contributed by atoms with Crippen LogP contribution in [0.1, 0.15) is 83.6 Å². The molecule has 0 saturated carbocycles. The number of benzene rings is 3. The van der Waals surface area contributed by atoms with Crippen LogP contribution < -0.4 is 4.74 Å². The maximum atomic E-state index is 15.2. The van der Waals surface area contributed by atoms with Gasteiger partial charge in [0.05, 0.1) is 6.61 Å². The first-order valence-corrected chi connectivity index (χ1v) is 15.0. The lowest BCUT2D eigenvalue weighted by Gasteiger charge is -2.20. The third-order valence-electron chi connectivity index (χ3n) is 7.90. The van der Waals surface area contributed by atoms with Crippen LogP contribution in [0.3, 0.4) is 0 Å². The van der Waals surface area contributed by atoms with Gasteiger partial charge in [-0.1, -0.05) is 100 Å². The molecular formula is C36H40F4O. The van der Waals surface area contributed by atoms with Crippen LogP contribution in [-0.4, -0.2) is 6.61 Å². The van der Waals surface area contributed by atoms with E-state index in [1.807, 2.05) is 19.1 Å². The molecule has 41 heavy (non-hydrogen) atoms. The quantitative estimate of drug-likeness (QED) is 0.114. The van der Waals surface area contributed by atoms with Crippen LogP contribution in [0, 0.1) is 29.2 Å². The Balaban J connectivity index is 1.41. The van der Waals surface area contributed by atoms with Crippen molar-refractivity contribution in [3.05, 3.63) is 95.6 Å². The fourth-order valence-electron chi connectivity index (χ4n) is 5.50. The Labute approximate surface area is 242 Å². The molecule has 0 N–H and O–H groups in total. The Morgan fingerprint density at radius 1 is 0.707 bits per heavy atom. The van der Waals surface area contributed by atoms with Crippen LogP contribution in [0.15, 0.2) is 66.8 Å². The van der Waals surface area contributed by atoms with Crippen LogP contribution in [0.4, 0.5) is 17.6 Å². The zero-order valence-corrected chi connectivity index (χ0v) is 24.1. The van der Waals surface area contributed by atoms with Gasteiger partial charge in [-0.3, -0.25) is 0 Å². The largest absolute Gasteiger partial charge is 0.490 e. The van der Waals surface area contributed by atoms with Crippen molar-refractivity contribution in [3.63, 3.8) is 0 Å². The molecule has 218 valence electrons. The molecule has 0 radical (unpaired) electrons. The first-order chi connectivity index (χ1) is 19.9. The van der Waals surface area contributed by atoms with Crippen molar-refractivity contribution in [2.75, 3.05) is 6.61 Å². The van der Waals surface area contributed by atoms with E-state index in [0.717, 1.165) is 37.7 Å². The lowest BCUT2D eigenvalue weighted by Crippen LogP contribution is -2.05. The van der Waals surface area contributed by atoms with Gasteiger partial charge in [-0.2, -0.15) is 4.39 Å². The summed E-state index contributed by atoms with van der Waals surface area (Å²) in [5.74, 6) is -3.45. The summed E-state index contributed by atoms with van der Waals surface area (Å²) in [5, 5.41) is 0. The monoisotopic (exact) mass is 564 g/mol. The van der Waals surface area contributed by atoms with Crippen LogP contribution in [-0.2, 0) is 0 Å². The van der Waals surface area contributed by atoms with Crippen molar-refractivity contribution in [1.29, 1.82) is 0 Å². The van der Waals surface area contributed by atoms with Crippen molar-refractivity contribution in [3.8, 4) is 28.0 Å². The molecule has 1 aliphatic carbocycles. The molecule has 0 amide bonds. The fourth-order valence-corrected chi connectivity index (χ4v) is 5.50. The first-order valence-electron chi connectivity index (χ1n) is 15.0. The molecular weight excluding hydrogens is 524 g/mol. The van der Waals surface area contributed by atoms with E-state index in [1.54, 1.807) is 36.4 Å². The summed E-state index contributed by atoms with van der Waals surface area (Å²) in [6.07, 6.45) is 16.4. The maximum absolute atomic E-state index is 15.2. The maximum Gasteiger partial charge on any atom is 0.201 e. The highest BCUT2D eigenvalue weighted by molar-refractivity contribution is 5.74. The van der Waals surface area contributed by atoms with Gasteiger partial charge in [0.1, 0.15) is 0 Å². The molecule has 0 fully saturated rings. The van der Waals surface area contributed by atoms with Crippen molar-refractivity contribution >= 4 is 5.57 Å². The second-order valence-electron chi connectivity index (χ2n) is 10.9. The molecule has 0 bridgehead atoms. The average molecular weight is 565 g/mol. The third kappa shape index (κ3) is 7.69. The number of hydrogen-bond donors (Lipinski definition) is 0. The van der Waals surface area contributed by atoms with Crippen LogP contribution >= 0.6 is 0 Å². The molecule has 3 aromatic rings. The van der Waals surface area contributed by atoms with Crippen molar-refractivity contribution in [2.24, 2.45) is 5.92 Å². The van der Waals surface area contributed by atoms with Crippen molar-refractivity contribution in [1.82, 2.24) is 0 Å². The molecule has 1 nitrogen and oxygen atoms in total. The van der Waals surface area contributed by atoms with Gasteiger partial charge in [0.2, 0.25) is 5.82 Å². The summed E-state index contributed by atoms with van der Waals surface area (Å²) in [5.41, 5.74) is 2.23. The molecule has 0 saturated heterocycles. The van der Waals surface area contributed by atoms with Gasteiger partial charge >= 0.3 is 0 Å². The van der Waals surface area contributed by atoms with Crippen LogP contribution in [0.25, 0.3) is 27.8 Å². The Kier molecular flexibility index (Phi) is 11.2. The highest BCUT2D eigenvalue weighted by atomic mass is 19.2. The SMILES string of the molecule is CC=CC1CC=C(c2ccc(-c3ccc(-c4ccc(OCCCCCCCCC)c(F)c4F)cc3)c(F)c2F)CC1. The molecule has 1 aliphatic rings. The average Bonchev–Trinajstić information content (AvgIpc) is 2.99. The zero-order chi connectivity index (χ0) is 29.2. The van der Waals surface area contributed by atoms with E-state index < -0.39 is 23.3 Å². The van der Waals surface area contributed by atoms with Gasteiger partial charge in [0.25, 0.3) is 0 Å². The summed E-state index contributed by atoms with van der Waals surface area (Å²) in [4.78, 5) is 0. The lowest BCUT2D eigenvalue weighted by molar-refractivity contribution is 0.285. The molecule has 4 rings (SSSR count). The lowest BCUT2D eigenvalue weighted by atomic mass is 9.85. The highest BCUT2D eigenvalue weighted by Gasteiger charge is 2.21. The Hall–Kier alpha value is -3.34. The van der Waals surface area contributed by atoms with Gasteiger partial charge in [0, 0.05) is 16.7 Å². The number of hydrogen-bond acceptors (Lipinski definition) is 1. The smallest absolute Gasteiger partial charge is 0.201 e. The third-order valence-corrected chi connectivity index (χ3v) is 7.90. The predicted molar refractivity (Wildman–Crippen MR) is 161 cm³/mol. The van der Waals surface area contributed by atoms with Crippen molar-refractivity contribution in [2.45, 2.75) is 78.1 Å². The predicted octanol–water partition coefficient (Wildman–Crippen LogP) is 11.5. The van der Waals surface area contributed by atoms with E-state index in [0.29, 0.717) is 35.6 Å². The first kappa shape index (κ1) is 30.6. The molecule has 5 heteroatoms. The standard InChI is InChI=1S/C36H40F4O/c1-3-5-6-7-8-9-10-24-41-32-23-22-31(35(39)36(32)40)28-18-16-27(17-19-28)30-21-20-29(33(37)34(30)38)26-14-12-25(11-4-2)13-15-26/h4,11,14,16-23,25H,3,5-10,12-13,15,24H2,1-2H3. The van der Waals surface area contributed by atoms with Crippen LogP contribution in [0.2, 0.25) is 0 Å². The Bertz CT molecular complexity index is 1360. The minimum absolute atomic E-state index is 0.0831. The second-order valence-corrected chi connectivity index (χ2v) is 10.9. The van der Waals surface area contributed by atoms with Crippen molar-refractivity contribution < 1.29 is 22.3 Å². The molecule has 3 aromatic carbocycles. The second kappa shape index (κ2) is 15.0. The topological polar surface area (TPSA) is 9.23 Å². The summed E-state index contributed by atoms with van der Waals surface area (Å²) in [6.45, 7) is 4.51. The van der Waals surface area contributed by atoms with E-state index in [-0.39, 0.29) is 16.9 Å². The number of rotatable bonds is 13. The Morgan fingerprint density at radius 2 is 1.27 bits per heavy atom. The van der Waals surface area contributed by atoms with Gasteiger partial charge in [-0.25, -0.2) is 13.2 Å². The molecule has 0 aliphatic heterocycles. The number of halogens is 4. The van der Waals surface area contributed by atoms with Gasteiger partial charge in [-0.05, 0) is 67.4 Å². The summed E-state index contributed by atoms with van der Waals surface area (Å²) in [6, 6.07) is 12.5. The Morgan fingerprint density at radius 3 is 1.88 bits per heavy atom. The molecule has 1 atom stereocenters. The minimum Gasteiger partial charge on any atom is -0.490 e. The van der Waals surface area contributed by atoms with Gasteiger partial charge in [0.15, 0.2) is 23.2 Å². The van der Waals surface area contributed by atoms with E-state index >= 15 is 8.78 Å². The molecule has 0 aromatic heterocycles. The van der Waals surface area contributed by atoms with E-state index in [9.17, 15) is 8.78 Å². The molecule has 0 spiro atoms. The molecule has 1 unspecified atom stereocenters. The van der Waals surface area contributed by atoms with Crippen LogP contribution in [0.5, 0.6) is 5.75 Å². The summed E-state index contributed by atoms with van der Waals surface area (Å²) >= 11 is 0. The van der Waals surface area contributed by atoms with Gasteiger partial charge < -0.3 is 4.74 Å². The normalized spacial score (nSPS) is 15.4. The van der Waals surface area contributed by atoms with E-state index in [1.165, 1.54) is 37.8 Å². The summed E-state index contributed by atoms with van der Waals surface area (Å²) < 4.78 is 65.5. The number of unbranched alkanes of at least 4 members (excludes halogenated alkanes) is 6. The number of allylic oxidation sites excluding steroid dienone is 4. The fraction of sp³-hybridized carbons (Fsp3) is 0.389. The highest BCUT2D eigenvalue weighted by Crippen LogP contribution is 2.36. The molecule has 0 heterocycles. The van der Waals surface area contributed by atoms with E-state index in [4.69, 9.17) is 4.74 Å². The number of ether oxygens (including phenoxy) is 1.